The summed E-state index contributed by atoms with van der Waals surface area (Å²) in [7, 11) is 0. The summed E-state index contributed by atoms with van der Waals surface area (Å²) in [5.74, 6) is -0.605. The number of nitrogens with zero attached hydrogens (tertiary/aromatic N) is 6. The van der Waals surface area contributed by atoms with E-state index in [4.69, 9.17) is 5.73 Å². The number of hydrogen-bond donors (Lipinski definition) is 1. The summed E-state index contributed by atoms with van der Waals surface area (Å²) in [4.78, 5) is 35.8. The van der Waals surface area contributed by atoms with Crippen LogP contribution in [0.25, 0.3) is 16.8 Å². The van der Waals surface area contributed by atoms with E-state index in [2.05, 4.69) is 15.1 Å². The molecular formula is C22H26F3N7O2. The Labute approximate surface area is 194 Å². The Kier molecular flexibility index (Phi) is 6.54. The maximum absolute atomic E-state index is 13.6. The number of hydrogen-bond acceptors (Lipinski definition) is 6. The van der Waals surface area contributed by atoms with Crippen molar-refractivity contribution in [2.45, 2.75) is 46.3 Å². The average molecular weight is 477 g/mol. The zero-order valence-corrected chi connectivity index (χ0v) is 19.5. The van der Waals surface area contributed by atoms with Gasteiger partial charge in [0, 0.05) is 31.8 Å². The lowest BCUT2D eigenvalue weighted by molar-refractivity contribution is -0.145. The maximum atomic E-state index is 13.6. The molecule has 34 heavy (non-hydrogen) atoms. The summed E-state index contributed by atoms with van der Waals surface area (Å²) < 4.78 is 41.9. The average Bonchev–Trinajstić information content (AvgIpc) is 3.18. The molecule has 1 saturated heterocycles. The van der Waals surface area contributed by atoms with Crippen LogP contribution < -0.4 is 10.6 Å². The van der Waals surface area contributed by atoms with Gasteiger partial charge in [-0.25, -0.2) is 14.5 Å². The van der Waals surface area contributed by atoms with Gasteiger partial charge in [-0.1, -0.05) is 13.8 Å². The van der Waals surface area contributed by atoms with Crippen LogP contribution in [0, 0.1) is 0 Å². The highest BCUT2D eigenvalue weighted by molar-refractivity contribution is 6.02. The van der Waals surface area contributed by atoms with Gasteiger partial charge >= 0.3 is 6.18 Å². The molecule has 3 aromatic heterocycles. The van der Waals surface area contributed by atoms with Crippen LogP contribution in [-0.2, 0) is 15.8 Å². The van der Waals surface area contributed by atoms with E-state index >= 15 is 0 Å². The van der Waals surface area contributed by atoms with E-state index in [1.165, 1.54) is 35.1 Å². The van der Waals surface area contributed by atoms with Gasteiger partial charge in [0.05, 0.1) is 11.3 Å². The number of piperazine rings is 1. The van der Waals surface area contributed by atoms with Gasteiger partial charge in [0.2, 0.25) is 5.91 Å². The molecule has 4 rings (SSSR count). The third-order valence-corrected chi connectivity index (χ3v) is 5.58. The van der Waals surface area contributed by atoms with Crippen LogP contribution in [0.4, 0.5) is 24.8 Å². The second kappa shape index (κ2) is 8.92. The summed E-state index contributed by atoms with van der Waals surface area (Å²) in [5.41, 5.74) is 3.79. The number of fused-ring (bicyclic) bond motifs is 1. The van der Waals surface area contributed by atoms with Crippen LogP contribution in [-0.4, -0.2) is 54.9 Å². The molecule has 3 aromatic rings. The third-order valence-electron chi connectivity index (χ3n) is 5.58. The lowest BCUT2D eigenvalue weighted by atomic mass is 9.97. The number of pyridine rings is 1. The smallest absolute Gasteiger partial charge is 0.382 e. The zero-order valence-electron chi connectivity index (χ0n) is 19.5. The van der Waals surface area contributed by atoms with E-state index in [1.54, 1.807) is 13.8 Å². The summed E-state index contributed by atoms with van der Waals surface area (Å²) in [6.07, 6.45) is -2.19. The van der Waals surface area contributed by atoms with E-state index in [0.717, 1.165) is 16.9 Å². The molecule has 0 aliphatic carbocycles. The minimum absolute atomic E-state index is 0.124. The van der Waals surface area contributed by atoms with Gasteiger partial charge in [0.15, 0.2) is 5.82 Å². The lowest BCUT2D eigenvalue weighted by Crippen LogP contribution is -2.64. The van der Waals surface area contributed by atoms with E-state index in [1.807, 2.05) is 13.8 Å². The molecule has 0 atom stereocenters. The van der Waals surface area contributed by atoms with E-state index in [0.29, 0.717) is 12.1 Å². The molecule has 0 unspecified atom stereocenters. The SMILES string of the molecule is CC.CC(=O)N1CCN(c2cc(-c3cc(C(F)(F)F)c4c(N)ncnn34)ccn2)C(=O)C1(C)C. The molecule has 0 bridgehead atoms. The summed E-state index contributed by atoms with van der Waals surface area (Å²) in [6.45, 7) is 9.18. The fourth-order valence-corrected chi connectivity index (χ4v) is 4.01. The molecule has 1 fully saturated rings. The van der Waals surface area contributed by atoms with Crippen LogP contribution in [0.15, 0.2) is 30.7 Å². The van der Waals surface area contributed by atoms with Crippen molar-refractivity contribution in [2.24, 2.45) is 0 Å². The molecule has 0 aromatic carbocycles. The summed E-state index contributed by atoms with van der Waals surface area (Å²) in [6, 6.07) is 3.97. The first kappa shape index (κ1) is 24.9. The molecule has 0 spiro atoms. The van der Waals surface area contributed by atoms with Gasteiger partial charge in [-0.2, -0.15) is 18.3 Å². The molecule has 4 heterocycles. The molecule has 1 aliphatic heterocycles. The molecule has 2 N–H and O–H groups in total. The second-order valence-electron chi connectivity index (χ2n) is 7.94. The molecule has 182 valence electrons. The van der Waals surface area contributed by atoms with Gasteiger partial charge in [-0.15, -0.1) is 0 Å². The first-order chi connectivity index (χ1) is 15.9. The normalized spacial score (nSPS) is 15.8. The Morgan fingerprint density at radius 3 is 2.44 bits per heavy atom. The predicted molar refractivity (Wildman–Crippen MR) is 121 cm³/mol. The molecule has 9 nitrogen and oxygen atoms in total. The molecule has 0 radical (unpaired) electrons. The molecule has 0 saturated carbocycles. The van der Waals surface area contributed by atoms with Crippen molar-refractivity contribution in [3.05, 3.63) is 36.3 Å². The van der Waals surface area contributed by atoms with Crippen molar-refractivity contribution in [1.82, 2.24) is 24.5 Å². The quantitative estimate of drug-likeness (QED) is 0.606. The third kappa shape index (κ3) is 4.15. The van der Waals surface area contributed by atoms with Crippen molar-refractivity contribution >= 4 is 29.0 Å². The maximum Gasteiger partial charge on any atom is 0.418 e. The number of nitrogen functional groups attached to an aromatic ring is 1. The second-order valence-corrected chi connectivity index (χ2v) is 7.94. The zero-order chi connectivity index (χ0) is 25.4. The van der Waals surface area contributed by atoms with E-state index in [-0.39, 0.29) is 41.2 Å². The van der Waals surface area contributed by atoms with Gasteiger partial charge in [0.25, 0.3) is 5.91 Å². The number of anilines is 2. The fraction of sp³-hybridized carbons (Fsp3) is 0.409. The number of carbonyl (C=O) groups excluding carboxylic acids is 2. The number of carbonyl (C=O) groups is 2. The highest BCUT2D eigenvalue weighted by Gasteiger charge is 2.44. The Morgan fingerprint density at radius 2 is 1.82 bits per heavy atom. The van der Waals surface area contributed by atoms with Crippen LogP contribution in [0.1, 0.15) is 40.2 Å². The first-order valence-electron chi connectivity index (χ1n) is 10.7. The predicted octanol–water partition coefficient (Wildman–Crippen LogP) is 3.39. The Morgan fingerprint density at radius 1 is 1.15 bits per heavy atom. The van der Waals surface area contributed by atoms with Crippen molar-refractivity contribution in [1.29, 1.82) is 0 Å². The van der Waals surface area contributed by atoms with Gasteiger partial charge in [-0.05, 0) is 32.0 Å². The summed E-state index contributed by atoms with van der Waals surface area (Å²) >= 11 is 0. The highest BCUT2D eigenvalue weighted by Crippen LogP contribution is 2.39. The van der Waals surface area contributed by atoms with Crippen molar-refractivity contribution in [2.75, 3.05) is 23.7 Å². The monoisotopic (exact) mass is 477 g/mol. The topological polar surface area (TPSA) is 110 Å². The van der Waals surface area contributed by atoms with Gasteiger partial charge < -0.3 is 10.6 Å². The number of rotatable bonds is 2. The molecule has 2 amide bonds. The minimum atomic E-state index is -4.67. The van der Waals surface area contributed by atoms with Crippen LogP contribution >= 0.6 is 0 Å². The van der Waals surface area contributed by atoms with Crippen LogP contribution in [0.5, 0.6) is 0 Å². The van der Waals surface area contributed by atoms with E-state index in [9.17, 15) is 22.8 Å². The number of halogens is 3. The van der Waals surface area contributed by atoms with Crippen molar-refractivity contribution in [3.8, 4) is 11.3 Å². The van der Waals surface area contributed by atoms with Gasteiger partial charge in [0.1, 0.15) is 23.2 Å². The number of nitrogens with two attached hydrogens (primary N) is 1. The van der Waals surface area contributed by atoms with Gasteiger partial charge in [-0.3, -0.25) is 14.5 Å². The highest BCUT2D eigenvalue weighted by atomic mass is 19.4. The first-order valence-corrected chi connectivity index (χ1v) is 10.7. The van der Waals surface area contributed by atoms with Crippen molar-refractivity contribution in [3.63, 3.8) is 0 Å². The number of aromatic nitrogens is 4. The number of amides is 2. The van der Waals surface area contributed by atoms with E-state index < -0.39 is 17.3 Å². The standard InChI is InChI=1S/C20H20F3N7O2.C2H6/c1-11(31)29-7-6-28(18(32)19(29,2)3)15-8-12(4-5-25-15)14-9-13(20(21,22)23)16-17(24)26-10-27-30(14)16;1-2/h4-5,8-10H,6-7H2,1-3H3,(H2,24,26,27);1-2H3. The number of alkyl halides is 3. The summed E-state index contributed by atoms with van der Waals surface area (Å²) in [5, 5.41) is 3.94. The van der Waals surface area contributed by atoms with Crippen LogP contribution in [0.3, 0.4) is 0 Å². The largest absolute Gasteiger partial charge is 0.418 e. The molecule has 1 aliphatic rings. The Balaban J connectivity index is 0.00000158. The molecule has 12 heteroatoms. The lowest BCUT2D eigenvalue weighted by Gasteiger charge is -2.45. The fourth-order valence-electron chi connectivity index (χ4n) is 4.01. The van der Waals surface area contributed by atoms with Crippen LogP contribution in [0.2, 0.25) is 0 Å². The Bertz CT molecular complexity index is 1240. The molecular weight excluding hydrogens is 451 g/mol. The van der Waals surface area contributed by atoms with Crippen molar-refractivity contribution < 1.29 is 22.8 Å². The Hall–Kier alpha value is -3.70. The minimum Gasteiger partial charge on any atom is -0.382 e.